The van der Waals surface area contributed by atoms with Gasteiger partial charge in [-0.15, -0.1) is 0 Å². The van der Waals surface area contributed by atoms with Gasteiger partial charge in [0.2, 0.25) is 35.4 Å². The normalized spacial score (nSPS) is 13.2. The second kappa shape index (κ2) is 26.3. The van der Waals surface area contributed by atoms with Crippen LogP contribution in [-0.4, -0.2) is 133 Å². The van der Waals surface area contributed by atoms with Crippen LogP contribution in [0.15, 0.2) is 0 Å². The van der Waals surface area contributed by atoms with Crippen LogP contribution in [0.5, 0.6) is 0 Å². The van der Waals surface area contributed by atoms with Gasteiger partial charge in [0.05, 0.1) is 13.1 Å². The standard InChI is InChI=1S/C27H49N9O10S2/c28-16(26(43)44)4-6-20(37)35-18(14-47)24(41)33-12-22(39)31-10-2-1-8-30-9-3-11-32-23(40)13-34-25(42)19(15-48)36-21(38)7-5-17(29)27(45)46/h16-19,30,47-48H,1-15,28-29H2,(H,31,39)(H,32,40)(H,33,41)(H,34,42)(H,35,37)(H,36,38)(H,43,44)(H,45,46). The second-order valence-corrected chi connectivity index (χ2v) is 11.2. The number of nitrogens with one attached hydrogen (secondary N) is 7. The molecule has 0 saturated carbocycles. The van der Waals surface area contributed by atoms with E-state index in [1.54, 1.807) is 0 Å². The highest BCUT2D eigenvalue weighted by molar-refractivity contribution is 7.80. The summed E-state index contributed by atoms with van der Waals surface area (Å²) in [6.07, 6.45) is 1.48. The van der Waals surface area contributed by atoms with Crippen molar-refractivity contribution in [1.29, 1.82) is 0 Å². The Morgan fingerprint density at radius 2 is 0.917 bits per heavy atom. The van der Waals surface area contributed by atoms with Crippen LogP contribution >= 0.6 is 25.3 Å². The van der Waals surface area contributed by atoms with Crippen LogP contribution in [0.25, 0.3) is 0 Å². The highest BCUT2D eigenvalue weighted by Crippen LogP contribution is 1.99. The van der Waals surface area contributed by atoms with E-state index in [2.05, 4.69) is 62.5 Å². The van der Waals surface area contributed by atoms with E-state index in [1.807, 2.05) is 0 Å². The Morgan fingerprint density at radius 3 is 1.31 bits per heavy atom. The fourth-order valence-electron chi connectivity index (χ4n) is 3.62. The van der Waals surface area contributed by atoms with E-state index in [0.29, 0.717) is 39.0 Å². The van der Waals surface area contributed by atoms with Crippen molar-refractivity contribution in [1.82, 2.24) is 37.2 Å². The van der Waals surface area contributed by atoms with Crippen molar-refractivity contribution in [3.8, 4) is 0 Å². The van der Waals surface area contributed by atoms with Crippen molar-refractivity contribution in [2.45, 2.75) is 69.1 Å². The molecule has 0 bridgehead atoms. The fraction of sp³-hybridized carbons (Fsp3) is 0.704. The molecule has 0 radical (unpaired) electrons. The van der Waals surface area contributed by atoms with Gasteiger partial charge in [0.25, 0.3) is 0 Å². The minimum Gasteiger partial charge on any atom is -0.480 e. The number of hydrogen-bond acceptors (Lipinski definition) is 13. The molecule has 0 aliphatic carbocycles. The third-order valence-corrected chi connectivity index (χ3v) is 7.20. The summed E-state index contributed by atoms with van der Waals surface area (Å²) in [6, 6.07) is -4.39. The van der Waals surface area contributed by atoms with Gasteiger partial charge >= 0.3 is 11.9 Å². The molecule has 0 aromatic carbocycles. The predicted molar refractivity (Wildman–Crippen MR) is 180 cm³/mol. The fourth-order valence-corrected chi connectivity index (χ4v) is 4.13. The minimum atomic E-state index is -1.23. The molecule has 0 aromatic heterocycles. The molecule has 0 aliphatic heterocycles. The zero-order valence-corrected chi connectivity index (χ0v) is 28.4. The van der Waals surface area contributed by atoms with E-state index in [4.69, 9.17) is 21.7 Å². The number of carbonyl (C=O) groups is 8. The van der Waals surface area contributed by atoms with Gasteiger partial charge in [-0.25, -0.2) is 0 Å². The monoisotopic (exact) mass is 723 g/mol. The van der Waals surface area contributed by atoms with Gasteiger partial charge in [0.15, 0.2) is 0 Å². The zero-order chi connectivity index (χ0) is 36.5. The third-order valence-electron chi connectivity index (χ3n) is 6.47. The van der Waals surface area contributed by atoms with Crippen LogP contribution < -0.4 is 48.7 Å². The molecule has 274 valence electrons. The van der Waals surface area contributed by atoms with Crippen molar-refractivity contribution in [2.75, 3.05) is 50.8 Å². The first-order valence-corrected chi connectivity index (χ1v) is 16.5. The number of carbonyl (C=O) groups excluding carboxylic acids is 6. The molecule has 19 nitrogen and oxygen atoms in total. The number of carboxylic acid groups (broad SMARTS) is 2. The van der Waals surface area contributed by atoms with Crippen molar-refractivity contribution in [3.05, 3.63) is 0 Å². The number of aliphatic carboxylic acids is 2. The van der Waals surface area contributed by atoms with E-state index in [1.165, 1.54) is 0 Å². The Bertz CT molecular complexity index is 1000. The first-order chi connectivity index (χ1) is 22.7. The maximum atomic E-state index is 12.2. The molecule has 0 fully saturated rings. The SMILES string of the molecule is NC(CCC(=O)NC(CS)C(=O)NCC(=O)NCCCCNCCCNC(=O)CNC(=O)C(CS)NC(=O)CCC(N)C(=O)O)C(=O)O. The summed E-state index contributed by atoms with van der Waals surface area (Å²) in [4.78, 5) is 93.8. The van der Waals surface area contributed by atoms with Crippen molar-refractivity contribution in [2.24, 2.45) is 11.5 Å². The lowest BCUT2D eigenvalue weighted by Gasteiger charge is -2.17. The highest BCUT2D eigenvalue weighted by Gasteiger charge is 2.22. The maximum Gasteiger partial charge on any atom is 0.320 e. The molecule has 13 N–H and O–H groups in total. The molecule has 6 amide bonds. The zero-order valence-electron chi connectivity index (χ0n) is 26.6. The maximum absolute atomic E-state index is 12.2. The number of amides is 6. The van der Waals surface area contributed by atoms with Gasteiger partial charge in [-0.3, -0.25) is 38.4 Å². The molecule has 0 rings (SSSR count). The Balaban J connectivity index is 3.95. The van der Waals surface area contributed by atoms with Crippen LogP contribution in [0.1, 0.15) is 44.9 Å². The topological polar surface area (TPSA) is 313 Å². The molecule has 0 saturated heterocycles. The second-order valence-electron chi connectivity index (χ2n) is 10.5. The van der Waals surface area contributed by atoms with E-state index < -0.39 is 71.5 Å². The summed E-state index contributed by atoms with van der Waals surface area (Å²) >= 11 is 8.05. The molecule has 0 heterocycles. The first kappa shape index (κ1) is 44.3. The lowest BCUT2D eigenvalue weighted by Crippen LogP contribution is -2.50. The van der Waals surface area contributed by atoms with Crippen molar-refractivity contribution in [3.63, 3.8) is 0 Å². The first-order valence-electron chi connectivity index (χ1n) is 15.3. The average Bonchev–Trinajstić information content (AvgIpc) is 3.05. The predicted octanol–water partition coefficient (Wildman–Crippen LogP) is -4.58. The van der Waals surface area contributed by atoms with Crippen LogP contribution in [0, 0.1) is 0 Å². The molecule has 0 aromatic rings. The highest BCUT2D eigenvalue weighted by atomic mass is 32.1. The Labute approximate surface area is 289 Å². The lowest BCUT2D eigenvalue weighted by molar-refractivity contribution is -0.140. The van der Waals surface area contributed by atoms with E-state index in [-0.39, 0.29) is 50.3 Å². The van der Waals surface area contributed by atoms with Crippen LogP contribution in [-0.2, 0) is 38.4 Å². The Morgan fingerprint density at radius 1 is 0.542 bits per heavy atom. The molecule has 4 atom stereocenters. The largest absolute Gasteiger partial charge is 0.480 e. The summed E-state index contributed by atoms with van der Waals surface area (Å²) < 4.78 is 0. The van der Waals surface area contributed by atoms with E-state index >= 15 is 0 Å². The van der Waals surface area contributed by atoms with Crippen LogP contribution in [0.2, 0.25) is 0 Å². The summed E-state index contributed by atoms with van der Waals surface area (Å²) in [5.41, 5.74) is 10.7. The summed E-state index contributed by atoms with van der Waals surface area (Å²) in [6.45, 7) is 1.41. The van der Waals surface area contributed by atoms with Crippen molar-refractivity contribution >= 4 is 72.6 Å². The van der Waals surface area contributed by atoms with Gasteiger partial charge in [0.1, 0.15) is 24.2 Å². The number of nitrogens with two attached hydrogens (primary N) is 2. The van der Waals surface area contributed by atoms with Crippen LogP contribution in [0.3, 0.4) is 0 Å². The Hall–Kier alpha value is -3.66. The third kappa shape index (κ3) is 22.0. The molecular formula is C27H49N9O10S2. The number of unbranched alkanes of at least 4 members (excludes halogenated alkanes) is 1. The smallest absolute Gasteiger partial charge is 0.320 e. The molecular weight excluding hydrogens is 674 g/mol. The minimum absolute atomic E-state index is 0.0292. The molecule has 4 unspecified atom stereocenters. The summed E-state index contributed by atoms with van der Waals surface area (Å²) in [7, 11) is 0. The Kier molecular flexibility index (Phi) is 24.3. The van der Waals surface area contributed by atoms with Gasteiger partial charge in [-0.05, 0) is 45.2 Å². The number of hydrogen-bond donors (Lipinski definition) is 13. The van der Waals surface area contributed by atoms with Gasteiger partial charge in [-0.1, -0.05) is 0 Å². The van der Waals surface area contributed by atoms with Gasteiger partial charge in [-0.2, -0.15) is 25.3 Å². The van der Waals surface area contributed by atoms with Crippen LogP contribution in [0.4, 0.5) is 0 Å². The molecule has 48 heavy (non-hydrogen) atoms. The van der Waals surface area contributed by atoms with Gasteiger partial charge < -0.3 is 58.9 Å². The average molecular weight is 724 g/mol. The lowest BCUT2D eigenvalue weighted by atomic mass is 10.1. The summed E-state index contributed by atoms with van der Waals surface area (Å²) in [5, 5.41) is 35.7. The van der Waals surface area contributed by atoms with Gasteiger partial charge in [0, 0.05) is 37.4 Å². The summed E-state index contributed by atoms with van der Waals surface area (Å²) in [5.74, 6) is -5.70. The quantitative estimate of drug-likeness (QED) is 0.0281. The van der Waals surface area contributed by atoms with E-state index in [9.17, 15) is 38.4 Å². The molecule has 21 heteroatoms. The number of carboxylic acids is 2. The molecule has 0 aliphatic rings. The molecule has 0 spiro atoms. The van der Waals surface area contributed by atoms with Crippen molar-refractivity contribution < 1.29 is 48.6 Å². The number of rotatable bonds is 27. The number of thiol groups is 2. The van der Waals surface area contributed by atoms with E-state index in [0.717, 1.165) is 6.42 Å².